The summed E-state index contributed by atoms with van der Waals surface area (Å²) >= 11 is 3.05. The number of hydrogen-bond acceptors (Lipinski definition) is 4. The zero-order valence-electron chi connectivity index (χ0n) is 13.2. The Labute approximate surface area is 141 Å². The Hall–Kier alpha value is -1.44. The Bertz CT molecular complexity index is 587. The average Bonchev–Trinajstić information content (AvgIpc) is 3.14. The lowest BCUT2D eigenvalue weighted by atomic mass is 10.2. The number of nitrogens with one attached hydrogen (secondary N) is 1. The van der Waals surface area contributed by atoms with E-state index in [1.165, 1.54) is 12.1 Å². The molecular weight excluding hydrogens is 374 g/mol. The fraction of sp³-hybridized carbons (Fsp3) is 0.600. The lowest BCUT2D eigenvalue weighted by Gasteiger charge is -2.23. The van der Waals surface area contributed by atoms with Crippen LogP contribution in [0.1, 0.15) is 45.7 Å². The number of ether oxygens (including phenoxy) is 2. The summed E-state index contributed by atoms with van der Waals surface area (Å²) in [6, 6.07) is 2.96. The molecule has 0 aliphatic heterocycles. The van der Waals surface area contributed by atoms with Gasteiger partial charge in [0.1, 0.15) is 28.3 Å². The molecule has 5 nitrogen and oxygen atoms in total. The van der Waals surface area contributed by atoms with Crippen molar-refractivity contribution in [1.82, 2.24) is 10.3 Å². The van der Waals surface area contributed by atoms with Crippen LogP contribution in [-0.4, -0.2) is 28.8 Å². The molecule has 1 amide bonds. The number of amides is 1. The smallest absolute Gasteiger partial charge is 0.408 e. The molecule has 1 saturated carbocycles. The molecule has 1 aromatic heterocycles. The van der Waals surface area contributed by atoms with E-state index >= 15 is 0 Å². The van der Waals surface area contributed by atoms with Gasteiger partial charge < -0.3 is 14.8 Å². The second-order valence-corrected chi connectivity index (χ2v) is 7.33. The Morgan fingerprint density at radius 3 is 2.61 bits per heavy atom. The highest BCUT2D eigenvalue weighted by Gasteiger charge is 2.46. The van der Waals surface area contributed by atoms with E-state index in [1.54, 1.807) is 20.8 Å². The van der Waals surface area contributed by atoms with Crippen molar-refractivity contribution in [2.75, 3.05) is 6.61 Å². The molecule has 0 atom stereocenters. The molecule has 2 rings (SSSR count). The third-order valence-electron chi connectivity index (χ3n) is 3.18. The molecule has 0 aromatic carbocycles. The van der Waals surface area contributed by atoms with E-state index in [4.69, 9.17) is 9.47 Å². The van der Waals surface area contributed by atoms with Gasteiger partial charge in [-0.3, -0.25) is 0 Å². The fourth-order valence-corrected chi connectivity index (χ4v) is 2.23. The highest BCUT2D eigenvalue weighted by Crippen LogP contribution is 2.37. The molecule has 0 unspecified atom stereocenters. The first kappa shape index (κ1) is 17.9. The number of rotatable bonds is 5. The van der Waals surface area contributed by atoms with Crippen LogP contribution in [0, 0.1) is 0 Å². The number of carbonyl (C=O) groups excluding carboxylic acids is 1. The first-order chi connectivity index (χ1) is 10.6. The van der Waals surface area contributed by atoms with E-state index in [2.05, 4.69) is 26.2 Å². The summed E-state index contributed by atoms with van der Waals surface area (Å²) in [5, 5.41) is 2.75. The lowest BCUT2D eigenvalue weighted by molar-refractivity contribution is 0.0475. The number of pyridine rings is 1. The van der Waals surface area contributed by atoms with Gasteiger partial charge in [0, 0.05) is 0 Å². The minimum absolute atomic E-state index is 0.0143. The molecule has 1 heterocycles. The first-order valence-corrected chi connectivity index (χ1v) is 7.98. The van der Waals surface area contributed by atoms with Crippen molar-refractivity contribution in [3.05, 3.63) is 22.4 Å². The SMILES string of the molecule is CC(C)(C)OC(=O)NC1(COc2ccc(Br)nc2C(F)F)CC1. The largest absolute Gasteiger partial charge is 0.489 e. The standard InChI is InChI=1S/C15H19BrF2N2O3/c1-14(2,3)23-13(21)20-15(6-7-15)8-22-9-4-5-10(16)19-11(9)12(17)18/h4-5,12H,6-8H2,1-3H3,(H,20,21). The molecule has 0 bridgehead atoms. The molecule has 128 valence electrons. The van der Waals surface area contributed by atoms with Crippen molar-refractivity contribution in [2.24, 2.45) is 0 Å². The summed E-state index contributed by atoms with van der Waals surface area (Å²) in [5.41, 5.74) is -1.58. The number of alkyl carbamates (subject to hydrolysis) is 1. The fourth-order valence-electron chi connectivity index (χ4n) is 1.91. The summed E-state index contributed by atoms with van der Waals surface area (Å²) in [6.07, 6.45) is -1.86. The molecule has 1 N–H and O–H groups in total. The van der Waals surface area contributed by atoms with E-state index < -0.39 is 29.4 Å². The maximum atomic E-state index is 13.0. The topological polar surface area (TPSA) is 60.5 Å². The minimum atomic E-state index is -2.74. The molecule has 8 heteroatoms. The van der Waals surface area contributed by atoms with Gasteiger partial charge in [0.2, 0.25) is 0 Å². The molecule has 1 aliphatic rings. The molecule has 1 aliphatic carbocycles. The number of aromatic nitrogens is 1. The van der Waals surface area contributed by atoms with Gasteiger partial charge >= 0.3 is 6.09 Å². The first-order valence-electron chi connectivity index (χ1n) is 7.19. The maximum absolute atomic E-state index is 13.0. The Morgan fingerprint density at radius 2 is 2.09 bits per heavy atom. The highest BCUT2D eigenvalue weighted by molar-refractivity contribution is 9.10. The molecule has 1 aromatic rings. The summed E-state index contributed by atoms with van der Waals surface area (Å²) in [7, 11) is 0. The second kappa shape index (κ2) is 6.59. The van der Waals surface area contributed by atoms with Crippen molar-refractivity contribution >= 4 is 22.0 Å². The second-order valence-electron chi connectivity index (χ2n) is 6.51. The predicted octanol–water partition coefficient (Wildman–Crippen LogP) is 4.22. The van der Waals surface area contributed by atoms with Gasteiger partial charge in [0.25, 0.3) is 6.43 Å². The van der Waals surface area contributed by atoms with Crippen LogP contribution in [0.25, 0.3) is 0 Å². The monoisotopic (exact) mass is 392 g/mol. The Morgan fingerprint density at radius 1 is 1.43 bits per heavy atom. The van der Waals surface area contributed by atoms with Gasteiger partial charge in [0.15, 0.2) is 0 Å². The van der Waals surface area contributed by atoms with Crippen LogP contribution in [0.3, 0.4) is 0 Å². The van der Waals surface area contributed by atoms with E-state index in [0.29, 0.717) is 17.4 Å². The molecule has 23 heavy (non-hydrogen) atoms. The number of halogens is 3. The summed E-state index contributed by atoms with van der Waals surface area (Å²) in [4.78, 5) is 15.6. The van der Waals surface area contributed by atoms with Crippen LogP contribution in [0.4, 0.5) is 13.6 Å². The third-order valence-corrected chi connectivity index (χ3v) is 3.62. The van der Waals surface area contributed by atoms with Gasteiger partial charge in [-0.05, 0) is 61.7 Å². The molecule has 0 saturated heterocycles. The van der Waals surface area contributed by atoms with Crippen molar-refractivity contribution in [3.63, 3.8) is 0 Å². The number of alkyl halides is 2. The van der Waals surface area contributed by atoms with Crippen molar-refractivity contribution in [1.29, 1.82) is 0 Å². The van der Waals surface area contributed by atoms with Crippen molar-refractivity contribution in [2.45, 2.75) is 51.2 Å². The van der Waals surface area contributed by atoms with Crippen LogP contribution >= 0.6 is 15.9 Å². The number of carbonyl (C=O) groups is 1. The highest BCUT2D eigenvalue weighted by atomic mass is 79.9. The van der Waals surface area contributed by atoms with E-state index in [-0.39, 0.29) is 12.4 Å². The predicted molar refractivity (Wildman–Crippen MR) is 83.7 cm³/mol. The van der Waals surface area contributed by atoms with E-state index in [0.717, 1.165) is 0 Å². The normalized spacial score (nSPS) is 16.1. The van der Waals surface area contributed by atoms with Gasteiger partial charge in [0.05, 0.1) is 5.54 Å². The Kier molecular flexibility index (Phi) is 5.13. The zero-order valence-corrected chi connectivity index (χ0v) is 14.7. The summed E-state index contributed by atoms with van der Waals surface area (Å²) in [6.45, 7) is 5.40. The molecule has 1 fully saturated rings. The quantitative estimate of drug-likeness (QED) is 0.762. The van der Waals surface area contributed by atoms with Gasteiger partial charge in [-0.15, -0.1) is 0 Å². The van der Waals surface area contributed by atoms with Crippen LogP contribution in [0.15, 0.2) is 16.7 Å². The number of nitrogens with zero attached hydrogens (tertiary/aromatic N) is 1. The Balaban J connectivity index is 1.97. The molecule has 0 spiro atoms. The minimum Gasteiger partial charge on any atom is -0.489 e. The van der Waals surface area contributed by atoms with E-state index in [1.807, 2.05) is 0 Å². The maximum Gasteiger partial charge on any atom is 0.408 e. The van der Waals surface area contributed by atoms with Gasteiger partial charge in [-0.2, -0.15) is 0 Å². The van der Waals surface area contributed by atoms with Crippen LogP contribution in [-0.2, 0) is 4.74 Å². The third kappa shape index (κ3) is 5.30. The van der Waals surface area contributed by atoms with Crippen LogP contribution in [0.2, 0.25) is 0 Å². The van der Waals surface area contributed by atoms with Crippen LogP contribution < -0.4 is 10.1 Å². The van der Waals surface area contributed by atoms with Crippen molar-refractivity contribution in [3.8, 4) is 5.75 Å². The summed E-state index contributed by atoms with van der Waals surface area (Å²) < 4.78 is 37.0. The van der Waals surface area contributed by atoms with Crippen LogP contribution in [0.5, 0.6) is 5.75 Å². The van der Waals surface area contributed by atoms with Crippen molar-refractivity contribution < 1.29 is 23.0 Å². The average molecular weight is 393 g/mol. The van der Waals surface area contributed by atoms with Gasteiger partial charge in [-0.25, -0.2) is 18.6 Å². The molecular formula is C15H19BrF2N2O3. The van der Waals surface area contributed by atoms with E-state index in [9.17, 15) is 13.6 Å². The van der Waals surface area contributed by atoms with Gasteiger partial charge in [-0.1, -0.05) is 0 Å². The number of hydrogen-bond donors (Lipinski definition) is 1. The summed E-state index contributed by atoms with van der Waals surface area (Å²) in [5.74, 6) is 0.0143. The molecule has 0 radical (unpaired) electrons. The zero-order chi connectivity index (χ0) is 17.3. The lowest BCUT2D eigenvalue weighted by Crippen LogP contribution is -2.44.